The van der Waals surface area contributed by atoms with Gasteiger partial charge in [0.25, 0.3) is 0 Å². The van der Waals surface area contributed by atoms with E-state index in [1.165, 1.54) is 0 Å². The van der Waals surface area contributed by atoms with Gasteiger partial charge in [0.05, 0.1) is 25.9 Å². The first-order valence-corrected chi connectivity index (χ1v) is 6.56. The number of ether oxygens (including phenoxy) is 1. The molecule has 0 bridgehead atoms. The molecule has 1 rings (SSSR count). The summed E-state index contributed by atoms with van der Waals surface area (Å²) < 4.78 is 5.41. The van der Waals surface area contributed by atoms with Crippen molar-refractivity contribution in [2.45, 2.75) is 26.1 Å². The van der Waals surface area contributed by atoms with Gasteiger partial charge in [-0.05, 0) is 12.0 Å². The molecule has 0 saturated carbocycles. The highest BCUT2D eigenvalue weighted by Crippen LogP contribution is 2.01. The van der Waals surface area contributed by atoms with E-state index in [1.54, 1.807) is 0 Å². The second kappa shape index (κ2) is 11.9. The van der Waals surface area contributed by atoms with Gasteiger partial charge in [0, 0.05) is 6.54 Å². The van der Waals surface area contributed by atoms with Crippen molar-refractivity contribution in [2.75, 3.05) is 19.7 Å². The second-order valence-electron chi connectivity index (χ2n) is 4.31. The number of aliphatic hydroxyl groups excluding tert-OH is 1. The van der Waals surface area contributed by atoms with E-state index in [-0.39, 0.29) is 37.1 Å². The molecule has 1 unspecified atom stereocenters. The predicted octanol–water partition coefficient (Wildman–Crippen LogP) is 1.50. The summed E-state index contributed by atoms with van der Waals surface area (Å²) in [5, 5.41) is 12.6. The standard InChI is InChI=1S/C14H23N3O2.HI/c1-2-8-16-14(15)17-9-13(18)11-19-10-12-6-4-3-5-7-12;/h3-7,13,18H,2,8-11H2,1H3,(H3,15,16,17);1H. The fourth-order valence-corrected chi connectivity index (χ4v) is 1.45. The summed E-state index contributed by atoms with van der Waals surface area (Å²) in [6, 6.07) is 9.84. The molecule has 0 aliphatic heterocycles. The van der Waals surface area contributed by atoms with E-state index in [4.69, 9.17) is 10.5 Å². The minimum atomic E-state index is -0.634. The normalized spacial score (nSPS) is 12.6. The topological polar surface area (TPSA) is 79.9 Å². The average Bonchev–Trinajstić information content (AvgIpc) is 2.44. The van der Waals surface area contributed by atoms with Gasteiger partial charge in [0.2, 0.25) is 0 Å². The maximum Gasteiger partial charge on any atom is 0.188 e. The van der Waals surface area contributed by atoms with Crippen LogP contribution in [0.5, 0.6) is 0 Å². The molecule has 5 nitrogen and oxygen atoms in total. The molecule has 6 heteroatoms. The Balaban J connectivity index is 0.00000361. The SMILES string of the molecule is CCCNC(N)=NCC(O)COCc1ccccc1.I. The van der Waals surface area contributed by atoms with Crippen LogP contribution in [0.25, 0.3) is 0 Å². The molecular formula is C14H24IN3O2. The summed E-state index contributed by atoms with van der Waals surface area (Å²) in [7, 11) is 0. The van der Waals surface area contributed by atoms with Gasteiger partial charge in [0.1, 0.15) is 0 Å². The quantitative estimate of drug-likeness (QED) is 0.355. The minimum absolute atomic E-state index is 0. The maximum absolute atomic E-state index is 9.69. The molecule has 0 aliphatic carbocycles. The zero-order valence-electron chi connectivity index (χ0n) is 11.8. The first kappa shape index (κ1) is 19.1. The molecule has 0 aromatic heterocycles. The molecule has 0 fully saturated rings. The fourth-order valence-electron chi connectivity index (χ4n) is 1.45. The van der Waals surface area contributed by atoms with E-state index >= 15 is 0 Å². The van der Waals surface area contributed by atoms with Crippen molar-refractivity contribution in [3.8, 4) is 0 Å². The summed E-state index contributed by atoms with van der Waals surface area (Å²) in [6.07, 6.45) is 0.351. The number of nitrogens with one attached hydrogen (secondary N) is 1. The lowest BCUT2D eigenvalue weighted by Gasteiger charge is -2.10. The van der Waals surface area contributed by atoms with E-state index in [0.29, 0.717) is 12.6 Å². The highest BCUT2D eigenvalue weighted by Gasteiger charge is 2.03. The average molecular weight is 393 g/mol. The summed E-state index contributed by atoms with van der Waals surface area (Å²) in [5.74, 6) is 0.365. The van der Waals surface area contributed by atoms with Crippen molar-refractivity contribution < 1.29 is 9.84 Å². The molecule has 0 aliphatic rings. The number of aliphatic imine (C=N–C) groups is 1. The summed E-state index contributed by atoms with van der Waals surface area (Å²) in [4.78, 5) is 4.04. The third-order valence-electron chi connectivity index (χ3n) is 2.45. The van der Waals surface area contributed by atoms with Gasteiger partial charge >= 0.3 is 0 Å². The van der Waals surface area contributed by atoms with Gasteiger partial charge in [-0.1, -0.05) is 37.3 Å². The molecule has 0 saturated heterocycles. The Labute approximate surface area is 137 Å². The third kappa shape index (κ3) is 9.11. The number of guanidine groups is 1. The first-order valence-electron chi connectivity index (χ1n) is 6.56. The van der Waals surface area contributed by atoms with E-state index in [2.05, 4.69) is 10.3 Å². The van der Waals surface area contributed by atoms with Gasteiger partial charge in [0.15, 0.2) is 5.96 Å². The summed E-state index contributed by atoms with van der Waals surface area (Å²) in [6.45, 7) is 3.82. The predicted molar refractivity (Wildman–Crippen MR) is 92.3 cm³/mol. The zero-order valence-corrected chi connectivity index (χ0v) is 14.1. The lowest BCUT2D eigenvalue weighted by atomic mass is 10.2. The fraction of sp³-hybridized carbons (Fsp3) is 0.500. The van der Waals surface area contributed by atoms with Crippen molar-refractivity contribution in [1.82, 2.24) is 5.32 Å². The Kier molecular flexibility index (Phi) is 11.4. The van der Waals surface area contributed by atoms with E-state index in [9.17, 15) is 5.11 Å². The van der Waals surface area contributed by atoms with Gasteiger partial charge < -0.3 is 20.9 Å². The Morgan fingerprint density at radius 3 is 2.75 bits per heavy atom. The molecule has 0 heterocycles. The number of nitrogens with two attached hydrogens (primary N) is 1. The van der Waals surface area contributed by atoms with Gasteiger partial charge in [-0.25, -0.2) is 0 Å². The smallest absolute Gasteiger partial charge is 0.188 e. The number of aliphatic hydroxyl groups is 1. The Bertz CT molecular complexity index is 374. The van der Waals surface area contributed by atoms with Crippen LogP contribution in [0.1, 0.15) is 18.9 Å². The van der Waals surface area contributed by atoms with Crippen molar-refractivity contribution in [3.05, 3.63) is 35.9 Å². The molecule has 0 amide bonds. The molecular weight excluding hydrogens is 369 g/mol. The number of rotatable bonds is 8. The van der Waals surface area contributed by atoms with Crippen LogP contribution in [0.2, 0.25) is 0 Å². The van der Waals surface area contributed by atoms with Crippen LogP contribution in [-0.4, -0.2) is 36.9 Å². The minimum Gasteiger partial charge on any atom is -0.389 e. The number of hydrogen-bond acceptors (Lipinski definition) is 3. The molecule has 4 N–H and O–H groups in total. The van der Waals surface area contributed by atoms with Crippen molar-refractivity contribution in [3.63, 3.8) is 0 Å². The Morgan fingerprint density at radius 1 is 1.40 bits per heavy atom. The Hall–Kier alpha value is -0.860. The summed E-state index contributed by atoms with van der Waals surface area (Å²) in [5.41, 5.74) is 6.70. The van der Waals surface area contributed by atoms with Gasteiger partial charge in [-0.2, -0.15) is 0 Å². The molecule has 0 spiro atoms. The van der Waals surface area contributed by atoms with Gasteiger partial charge in [-0.3, -0.25) is 4.99 Å². The maximum atomic E-state index is 9.69. The highest BCUT2D eigenvalue weighted by molar-refractivity contribution is 14.0. The van der Waals surface area contributed by atoms with E-state index in [1.807, 2.05) is 37.3 Å². The van der Waals surface area contributed by atoms with Crippen molar-refractivity contribution >= 4 is 29.9 Å². The molecule has 114 valence electrons. The molecule has 20 heavy (non-hydrogen) atoms. The first-order chi connectivity index (χ1) is 9.22. The molecule has 0 radical (unpaired) electrons. The zero-order chi connectivity index (χ0) is 13.9. The molecule has 1 aromatic rings. The van der Waals surface area contributed by atoms with Crippen molar-refractivity contribution in [1.29, 1.82) is 0 Å². The van der Waals surface area contributed by atoms with Crippen LogP contribution in [0.4, 0.5) is 0 Å². The van der Waals surface area contributed by atoms with E-state index < -0.39 is 6.10 Å². The van der Waals surface area contributed by atoms with Gasteiger partial charge in [-0.15, -0.1) is 24.0 Å². The number of nitrogens with zero attached hydrogens (tertiary/aromatic N) is 1. The largest absolute Gasteiger partial charge is 0.389 e. The van der Waals surface area contributed by atoms with E-state index in [0.717, 1.165) is 18.5 Å². The lowest BCUT2D eigenvalue weighted by Crippen LogP contribution is -2.33. The Morgan fingerprint density at radius 2 is 2.10 bits per heavy atom. The summed E-state index contributed by atoms with van der Waals surface area (Å²) >= 11 is 0. The van der Waals surface area contributed by atoms with Crippen LogP contribution in [-0.2, 0) is 11.3 Å². The van der Waals surface area contributed by atoms with Crippen LogP contribution < -0.4 is 11.1 Å². The van der Waals surface area contributed by atoms with Crippen LogP contribution in [0, 0.1) is 0 Å². The van der Waals surface area contributed by atoms with Crippen molar-refractivity contribution in [2.24, 2.45) is 10.7 Å². The number of benzene rings is 1. The monoisotopic (exact) mass is 393 g/mol. The van der Waals surface area contributed by atoms with Crippen LogP contribution in [0.3, 0.4) is 0 Å². The molecule has 1 aromatic carbocycles. The lowest BCUT2D eigenvalue weighted by molar-refractivity contribution is 0.0331. The molecule has 1 atom stereocenters. The number of hydrogen-bond donors (Lipinski definition) is 3. The van der Waals surface area contributed by atoms with Crippen LogP contribution in [0.15, 0.2) is 35.3 Å². The number of halogens is 1. The highest BCUT2D eigenvalue weighted by atomic mass is 127. The second-order valence-corrected chi connectivity index (χ2v) is 4.31. The third-order valence-corrected chi connectivity index (χ3v) is 2.45. The van der Waals surface area contributed by atoms with Crippen LogP contribution >= 0.6 is 24.0 Å².